The molecule has 2 aliphatic heterocycles. The zero-order valence-corrected chi connectivity index (χ0v) is 19.2. The first-order valence-corrected chi connectivity index (χ1v) is 11.1. The van der Waals surface area contributed by atoms with Gasteiger partial charge in [0, 0.05) is 63.0 Å². The third-order valence-electron chi connectivity index (χ3n) is 5.65. The van der Waals surface area contributed by atoms with E-state index in [-0.39, 0.29) is 24.0 Å². The molecule has 3 aliphatic rings. The summed E-state index contributed by atoms with van der Waals surface area (Å²) in [5.41, 5.74) is 8.72. The Bertz CT molecular complexity index is 605. The molecule has 4 rings (SSSR count). The summed E-state index contributed by atoms with van der Waals surface area (Å²) in [5, 5.41) is 0. The lowest BCUT2D eigenvalue weighted by atomic mass is 10.1. The molecular weight excluding hydrogens is 469 g/mol. The number of nitrogens with two attached hydrogens (primary N) is 1. The molecule has 0 aromatic heterocycles. The van der Waals surface area contributed by atoms with Crippen molar-refractivity contribution in [1.29, 1.82) is 0 Å². The summed E-state index contributed by atoms with van der Waals surface area (Å²) >= 11 is 1.99. The molecule has 1 aromatic rings. The van der Waals surface area contributed by atoms with Crippen LogP contribution in [0.5, 0.6) is 0 Å². The van der Waals surface area contributed by atoms with Crippen LogP contribution in [0.1, 0.15) is 18.4 Å². The molecule has 3 fully saturated rings. The van der Waals surface area contributed by atoms with E-state index in [4.69, 9.17) is 5.73 Å². The Morgan fingerprint density at radius 2 is 1.67 bits per heavy atom. The lowest BCUT2D eigenvalue weighted by Gasteiger charge is -2.36. The van der Waals surface area contributed by atoms with Gasteiger partial charge >= 0.3 is 0 Å². The maximum absolute atomic E-state index is 6.15. The molecule has 0 amide bonds. The van der Waals surface area contributed by atoms with Crippen molar-refractivity contribution in [3.05, 3.63) is 29.8 Å². The normalized spacial score (nSPS) is 21.9. The summed E-state index contributed by atoms with van der Waals surface area (Å²) < 4.78 is 0. The van der Waals surface area contributed by atoms with Crippen molar-refractivity contribution in [1.82, 2.24) is 9.80 Å². The van der Waals surface area contributed by atoms with Crippen molar-refractivity contribution in [3.8, 4) is 0 Å². The molecule has 0 atom stereocenters. The fourth-order valence-electron chi connectivity index (χ4n) is 3.73. The zero-order valence-electron chi connectivity index (χ0n) is 16.1. The minimum absolute atomic E-state index is 0. The monoisotopic (exact) mass is 501 g/mol. The van der Waals surface area contributed by atoms with E-state index in [0.717, 1.165) is 43.6 Å². The molecule has 2 saturated heterocycles. The van der Waals surface area contributed by atoms with Crippen LogP contribution in [0.3, 0.4) is 0 Å². The number of piperazine rings is 1. The summed E-state index contributed by atoms with van der Waals surface area (Å²) in [6, 6.07) is 8.90. The van der Waals surface area contributed by atoms with Gasteiger partial charge in [0.05, 0.1) is 6.54 Å². The van der Waals surface area contributed by atoms with Crippen LogP contribution in [-0.2, 0) is 6.54 Å². The van der Waals surface area contributed by atoms with E-state index >= 15 is 0 Å². The number of thioether (sulfide) groups is 1. The lowest BCUT2D eigenvalue weighted by molar-refractivity contribution is 0.248. The van der Waals surface area contributed by atoms with E-state index in [9.17, 15) is 0 Å². The molecule has 1 saturated carbocycles. The van der Waals surface area contributed by atoms with Gasteiger partial charge in [-0.05, 0) is 36.5 Å². The van der Waals surface area contributed by atoms with Crippen molar-refractivity contribution in [3.63, 3.8) is 0 Å². The van der Waals surface area contributed by atoms with Crippen molar-refractivity contribution < 1.29 is 0 Å². The smallest absolute Gasteiger partial charge is 0.191 e. The van der Waals surface area contributed by atoms with Crippen molar-refractivity contribution in [2.75, 3.05) is 62.2 Å². The highest BCUT2D eigenvalue weighted by Crippen LogP contribution is 2.30. The number of hydrogen-bond acceptors (Lipinski definition) is 4. The van der Waals surface area contributed by atoms with Crippen LogP contribution in [0.4, 0.5) is 5.69 Å². The van der Waals surface area contributed by atoms with Crippen LogP contribution >= 0.6 is 35.7 Å². The van der Waals surface area contributed by atoms with E-state index in [0.29, 0.717) is 12.5 Å². The van der Waals surface area contributed by atoms with Gasteiger partial charge in [0.15, 0.2) is 5.96 Å². The first kappa shape index (κ1) is 21.0. The molecule has 27 heavy (non-hydrogen) atoms. The second-order valence-corrected chi connectivity index (χ2v) is 8.90. The second-order valence-electron chi connectivity index (χ2n) is 7.67. The maximum Gasteiger partial charge on any atom is 0.191 e. The Labute approximate surface area is 184 Å². The fourth-order valence-corrected chi connectivity index (χ4v) is 4.63. The van der Waals surface area contributed by atoms with E-state index in [1.54, 1.807) is 0 Å². The van der Waals surface area contributed by atoms with Gasteiger partial charge in [0.1, 0.15) is 0 Å². The van der Waals surface area contributed by atoms with Crippen LogP contribution in [0.15, 0.2) is 29.3 Å². The third kappa shape index (κ3) is 6.15. The summed E-state index contributed by atoms with van der Waals surface area (Å²) in [7, 11) is 0. The number of guanidine groups is 1. The molecule has 0 radical (unpaired) electrons. The van der Waals surface area contributed by atoms with Crippen LogP contribution in [-0.4, -0.2) is 73.1 Å². The molecule has 0 unspecified atom stereocenters. The molecular formula is C20H32IN5S. The topological polar surface area (TPSA) is 48.1 Å². The summed E-state index contributed by atoms with van der Waals surface area (Å²) in [6.07, 6.45) is 2.90. The summed E-state index contributed by atoms with van der Waals surface area (Å²) in [4.78, 5) is 11.9. The van der Waals surface area contributed by atoms with Gasteiger partial charge in [-0.25, -0.2) is 4.99 Å². The standard InChI is InChI=1S/C20H31N5S.HI/c21-20(25-11-13-26-14-12-25)22-15-17-3-5-19(6-4-17)24-9-7-23(8-10-24)16-18-1-2-18;/h3-6,18H,1-2,7-16H2,(H2,21,22);1H. The number of rotatable bonds is 5. The molecule has 150 valence electrons. The molecule has 2 heterocycles. The van der Waals surface area contributed by atoms with Gasteiger partial charge in [-0.1, -0.05) is 12.1 Å². The average Bonchev–Trinajstić information content (AvgIpc) is 3.52. The number of anilines is 1. The van der Waals surface area contributed by atoms with Crippen molar-refractivity contribution in [2.24, 2.45) is 16.6 Å². The zero-order chi connectivity index (χ0) is 17.8. The minimum atomic E-state index is 0. The molecule has 0 bridgehead atoms. The van der Waals surface area contributed by atoms with Crippen molar-refractivity contribution >= 4 is 47.4 Å². The van der Waals surface area contributed by atoms with Crippen LogP contribution in [0.2, 0.25) is 0 Å². The fraction of sp³-hybridized carbons (Fsp3) is 0.650. The van der Waals surface area contributed by atoms with Crippen molar-refractivity contribution in [2.45, 2.75) is 19.4 Å². The van der Waals surface area contributed by atoms with Gasteiger partial charge in [0.2, 0.25) is 0 Å². The largest absolute Gasteiger partial charge is 0.370 e. The average molecular weight is 501 g/mol. The Morgan fingerprint density at radius 1 is 1.00 bits per heavy atom. The van der Waals surface area contributed by atoms with Crippen LogP contribution < -0.4 is 10.6 Å². The number of halogens is 1. The summed E-state index contributed by atoms with van der Waals surface area (Å²) in [5.74, 6) is 4.00. The van der Waals surface area contributed by atoms with E-state index in [1.807, 2.05) is 11.8 Å². The highest BCUT2D eigenvalue weighted by atomic mass is 127. The second kappa shape index (κ2) is 10.2. The maximum atomic E-state index is 6.15. The van der Waals surface area contributed by atoms with E-state index < -0.39 is 0 Å². The minimum Gasteiger partial charge on any atom is -0.370 e. The molecule has 7 heteroatoms. The Morgan fingerprint density at radius 3 is 2.30 bits per heavy atom. The lowest BCUT2D eigenvalue weighted by Crippen LogP contribution is -2.47. The Balaban J connectivity index is 0.00000210. The first-order chi connectivity index (χ1) is 12.8. The number of aliphatic imine (C=N–C) groups is 1. The number of nitrogens with zero attached hydrogens (tertiary/aromatic N) is 4. The third-order valence-corrected chi connectivity index (χ3v) is 6.59. The first-order valence-electron chi connectivity index (χ1n) is 9.97. The number of hydrogen-bond donors (Lipinski definition) is 1. The predicted molar refractivity (Wildman–Crippen MR) is 127 cm³/mol. The molecule has 5 nitrogen and oxygen atoms in total. The molecule has 1 aliphatic carbocycles. The number of benzene rings is 1. The molecule has 0 spiro atoms. The summed E-state index contributed by atoms with van der Waals surface area (Å²) in [6.45, 7) is 8.72. The highest BCUT2D eigenvalue weighted by molar-refractivity contribution is 14.0. The van der Waals surface area contributed by atoms with E-state index in [2.05, 4.69) is 44.0 Å². The van der Waals surface area contributed by atoms with Gasteiger partial charge in [-0.15, -0.1) is 24.0 Å². The van der Waals surface area contributed by atoms with Crippen LogP contribution in [0, 0.1) is 5.92 Å². The quantitative estimate of drug-likeness (QED) is 0.382. The van der Waals surface area contributed by atoms with Gasteiger partial charge in [-0.2, -0.15) is 11.8 Å². The van der Waals surface area contributed by atoms with Gasteiger partial charge in [-0.3, -0.25) is 4.90 Å². The predicted octanol–water partition coefficient (Wildman–Crippen LogP) is 2.70. The van der Waals surface area contributed by atoms with Gasteiger partial charge in [0.25, 0.3) is 0 Å². The van der Waals surface area contributed by atoms with Gasteiger partial charge < -0.3 is 15.5 Å². The molecule has 2 N–H and O–H groups in total. The highest BCUT2D eigenvalue weighted by Gasteiger charge is 2.26. The Kier molecular flexibility index (Phi) is 7.96. The van der Waals surface area contributed by atoms with E-state index in [1.165, 1.54) is 43.7 Å². The van der Waals surface area contributed by atoms with Crippen LogP contribution in [0.25, 0.3) is 0 Å². The Hall–Kier alpha value is -0.670. The SMILES string of the molecule is I.NC(=NCc1ccc(N2CCN(CC3CC3)CC2)cc1)N1CCSCC1. The molecule has 1 aromatic carbocycles.